The number of para-hydroxylation sites is 1. The topological polar surface area (TPSA) is 73.3 Å². The van der Waals surface area contributed by atoms with Crippen molar-refractivity contribution in [3.63, 3.8) is 0 Å². The van der Waals surface area contributed by atoms with Gasteiger partial charge in [-0.25, -0.2) is 0 Å². The maximum Gasteiger partial charge on any atom is 0.387 e. The van der Waals surface area contributed by atoms with Crippen molar-refractivity contribution in [2.24, 2.45) is 4.99 Å². The maximum atomic E-state index is 12.8. The number of nitrogens with one attached hydrogen (secondary N) is 2. The van der Waals surface area contributed by atoms with Gasteiger partial charge in [0.2, 0.25) is 6.79 Å². The van der Waals surface area contributed by atoms with Gasteiger partial charge < -0.3 is 29.6 Å². The molecule has 0 amide bonds. The van der Waals surface area contributed by atoms with Crippen molar-refractivity contribution in [3.8, 4) is 23.0 Å². The number of fused-ring (bicyclic) bond motifs is 1. The molecule has 2 aromatic carbocycles. The largest absolute Gasteiger partial charge is 0.490 e. The molecule has 1 aliphatic rings. The molecule has 2 N–H and O–H groups in total. The van der Waals surface area contributed by atoms with Crippen molar-refractivity contribution in [2.75, 3.05) is 20.4 Å². The first kappa shape index (κ1) is 23.8. The van der Waals surface area contributed by atoms with Crippen LogP contribution in [0.2, 0.25) is 0 Å². The van der Waals surface area contributed by atoms with Gasteiger partial charge in [0, 0.05) is 25.7 Å². The fraction of sp³-hybridized carbons (Fsp3) is 0.350. The van der Waals surface area contributed by atoms with Crippen LogP contribution in [0.25, 0.3) is 0 Å². The molecule has 10 heteroatoms. The van der Waals surface area contributed by atoms with Crippen LogP contribution in [0.15, 0.2) is 41.4 Å². The molecule has 0 radical (unpaired) electrons. The number of ether oxygens (including phenoxy) is 4. The number of hydrogen-bond donors (Lipinski definition) is 2. The highest BCUT2D eigenvalue weighted by Gasteiger charge is 2.16. The van der Waals surface area contributed by atoms with Crippen molar-refractivity contribution in [1.29, 1.82) is 0 Å². The number of halogens is 3. The molecule has 3 rings (SSSR count). The van der Waals surface area contributed by atoms with E-state index in [0.29, 0.717) is 30.4 Å². The molecule has 7 nitrogen and oxygen atoms in total. The summed E-state index contributed by atoms with van der Waals surface area (Å²) in [7, 11) is 1.63. The summed E-state index contributed by atoms with van der Waals surface area (Å²) in [4.78, 5) is 4.16. The van der Waals surface area contributed by atoms with E-state index >= 15 is 0 Å². The molecule has 0 saturated carbocycles. The average Bonchev–Trinajstić information content (AvgIpc) is 3.18. The van der Waals surface area contributed by atoms with Crippen molar-refractivity contribution in [1.82, 2.24) is 10.6 Å². The normalized spacial score (nSPS) is 12.4. The second-order valence-electron chi connectivity index (χ2n) is 6.02. The fourth-order valence-electron chi connectivity index (χ4n) is 2.83. The molecule has 0 saturated heterocycles. The lowest BCUT2D eigenvalue weighted by Crippen LogP contribution is -2.36. The Hall–Kier alpha value is -2.50. The first-order valence-electron chi connectivity index (χ1n) is 9.13. The number of benzene rings is 2. The smallest absolute Gasteiger partial charge is 0.387 e. The van der Waals surface area contributed by atoms with Crippen molar-refractivity contribution < 1.29 is 27.7 Å². The minimum atomic E-state index is -2.95. The van der Waals surface area contributed by atoms with Gasteiger partial charge in [0.1, 0.15) is 0 Å². The van der Waals surface area contributed by atoms with Crippen LogP contribution in [0.5, 0.6) is 23.0 Å². The van der Waals surface area contributed by atoms with Crippen LogP contribution in [0, 0.1) is 0 Å². The summed E-state index contributed by atoms with van der Waals surface area (Å²) in [6.07, 6.45) is 0. The molecule has 1 heterocycles. The van der Waals surface area contributed by atoms with Gasteiger partial charge in [0.25, 0.3) is 0 Å². The van der Waals surface area contributed by atoms with Gasteiger partial charge in [-0.3, -0.25) is 4.99 Å². The van der Waals surface area contributed by atoms with E-state index in [0.717, 1.165) is 11.3 Å². The Morgan fingerprint density at radius 3 is 2.63 bits per heavy atom. The van der Waals surface area contributed by atoms with E-state index in [1.807, 2.05) is 18.2 Å². The van der Waals surface area contributed by atoms with Gasteiger partial charge in [-0.15, -0.1) is 24.0 Å². The van der Waals surface area contributed by atoms with Crippen LogP contribution in [0.1, 0.15) is 18.1 Å². The van der Waals surface area contributed by atoms with E-state index in [-0.39, 0.29) is 48.8 Å². The third-order valence-corrected chi connectivity index (χ3v) is 4.13. The number of rotatable bonds is 8. The van der Waals surface area contributed by atoms with Gasteiger partial charge in [0.05, 0.1) is 6.61 Å². The van der Waals surface area contributed by atoms with Crippen LogP contribution in [0.4, 0.5) is 8.78 Å². The Balaban J connectivity index is 0.00000320. The summed E-state index contributed by atoms with van der Waals surface area (Å²) in [5.41, 5.74) is 1.51. The highest BCUT2D eigenvalue weighted by atomic mass is 127. The molecule has 0 bridgehead atoms. The van der Waals surface area contributed by atoms with Crippen molar-refractivity contribution in [2.45, 2.75) is 26.6 Å². The Kier molecular flexibility index (Phi) is 9.21. The van der Waals surface area contributed by atoms with Gasteiger partial charge >= 0.3 is 6.61 Å². The van der Waals surface area contributed by atoms with E-state index < -0.39 is 6.61 Å². The summed E-state index contributed by atoms with van der Waals surface area (Å²) in [6, 6.07) is 10.7. The molecule has 30 heavy (non-hydrogen) atoms. The summed E-state index contributed by atoms with van der Waals surface area (Å²) >= 11 is 0. The Morgan fingerprint density at radius 2 is 1.90 bits per heavy atom. The zero-order chi connectivity index (χ0) is 20.6. The molecule has 0 unspecified atom stereocenters. The molecule has 0 fully saturated rings. The molecule has 0 aliphatic carbocycles. The second kappa shape index (κ2) is 11.6. The SMILES string of the molecule is CCOc1cccc(CNC(=NC)NCc2ccc3c(c2)OCO3)c1OC(F)F.I. The zero-order valence-electron chi connectivity index (χ0n) is 16.6. The van der Waals surface area contributed by atoms with Crippen LogP contribution in [-0.2, 0) is 13.1 Å². The van der Waals surface area contributed by atoms with Crippen molar-refractivity contribution >= 4 is 29.9 Å². The number of nitrogens with zero attached hydrogens (tertiary/aromatic N) is 1. The molecule has 2 aromatic rings. The quantitative estimate of drug-likeness (QED) is 0.304. The van der Waals surface area contributed by atoms with E-state index in [2.05, 4.69) is 20.4 Å². The van der Waals surface area contributed by atoms with E-state index in [1.165, 1.54) is 0 Å². The molecule has 1 aliphatic heterocycles. The first-order valence-corrected chi connectivity index (χ1v) is 9.13. The van der Waals surface area contributed by atoms with Gasteiger partial charge in [-0.05, 0) is 30.7 Å². The number of aliphatic imine (C=N–C) groups is 1. The summed E-state index contributed by atoms with van der Waals surface area (Å²) in [6.45, 7) is 0.117. The van der Waals surface area contributed by atoms with Gasteiger partial charge in [-0.1, -0.05) is 18.2 Å². The van der Waals surface area contributed by atoms with Gasteiger partial charge in [-0.2, -0.15) is 8.78 Å². The summed E-state index contributed by atoms with van der Waals surface area (Å²) < 4.78 is 46.4. The highest BCUT2D eigenvalue weighted by molar-refractivity contribution is 14.0. The second-order valence-corrected chi connectivity index (χ2v) is 6.02. The number of alkyl halides is 2. The Morgan fingerprint density at radius 1 is 1.13 bits per heavy atom. The highest BCUT2D eigenvalue weighted by Crippen LogP contribution is 2.33. The first-order chi connectivity index (χ1) is 14.1. The maximum absolute atomic E-state index is 12.8. The zero-order valence-corrected chi connectivity index (χ0v) is 18.9. The Labute approximate surface area is 190 Å². The lowest BCUT2D eigenvalue weighted by atomic mass is 10.2. The van der Waals surface area contributed by atoms with Gasteiger partial charge in [0.15, 0.2) is 29.0 Å². The summed E-state index contributed by atoms with van der Waals surface area (Å²) in [5.74, 6) is 2.22. The molecule has 164 valence electrons. The van der Waals surface area contributed by atoms with Crippen LogP contribution < -0.4 is 29.6 Å². The third-order valence-electron chi connectivity index (χ3n) is 4.13. The monoisotopic (exact) mass is 535 g/mol. The molecule has 0 spiro atoms. The fourth-order valence-corrected chi connectivity index (χ4v) is 2.83. The van der Waals surface area contributed by atoms with E-state index in [4.69, 9.17) is 14.2 Å². The molecular weight excluding hydrogens is 511 g/mol. The average molecular weight is 535 g/mol. The van der Waals surface area contributed by atoms with E-state index in [9.17, 15) is 8.78 Å². The van der Waals surface area contributed by atoms with Crippen LogP contribution in [-0.4, -0.2) is 33.0 Å². The minimum absolute atomic E-state index is 0. The van der Waals surface area contributed by atoms with Crippen LogP contribution >= 0.6 is 24.0 Å². The predicted octanol–water partition coefficient (Wildman–Crippen LogP) is 3.90. The van der Waals surface area contributed by atoms with Crippen LogP contribution in [0.3, 0.4) is 0 Å². The number of guanidine groups is 1. The number of hydrogen-bond acceptors (Lipinski definition) is 5. The molecule has 0 atom stereocenters. The van der Waals surface area contributed by atoms with E-state index in [1.54, 1.807) is 32.2 Å². The standard InChI is InChI=1S/C20H23F2N3O4.HI/c1-3-26-16-6-4-5-14(18(16)29-19(21)22)11-25-20(23-2)24-10-13-7-8-15-17(9-13)28-12-27-15;/h4-9,19H,3,10-12H2,1-2H3,(H2,23,24,25);1H. The predicted molar refractivity (Wildman–Crippen MR) is 119 cm³/mol. The minimum Gasteiger partial charge on any atom is -0.490 e. The van der Waals surface area contributed by atoms with Crippen molar-refractivity contribution in [3.05, 3.63) is 47.5 Å². The lowest BCUT2D eigenvalue weighted by molar-refractivity contribution is -0.0520. The lowest BCUT2D eigenvalue weighted by Gasteiger charge is -2.17. The Bertz CT molecular complexity index is 868. The molecular formula is C20H24F2IN3O4. The molecule has 0 aromatic heterocycles. The third kappa shape index (κ3) is 6.25. The summed E-state index contributed by atoms with van der Waals surface area (Å²) in [5, 5.41) is 6.26.